The normalized spacial score (nSPS) is 12.6. The number of hydrogen-bond donors (Lipinski definition) is 1. The molecule has 6 nitrogen and oxygen atoms in total. The first kappa shape index (κ1) is 21.0. The second-order valence-electron chi connectivity index (χ2n) is 5.75. The van der Waals surface area contributed by atoms with E-state index in [1.165, 1.54) is 0 Å². The van der Waals surface area contributed by atoms with Gasteiger partial charge in [-0.15, -0.1) is 0 Å². The van der Waals surface area contributed by atoms with Crippen LogP contribution in [0.25, 0.3) is 0 Å². The summed E-state index contributed by atoms with van der Waals surface area (Å²) in [6.45, 7) is 8.97. The van der Waals surface area contributed by atoms with Gasteiger partial charge in [0.1, 0.15) is 6.10 Å². The molecule has 1 rings (SSSR count). The third kappa shape index (κ3) is 6.74. The number of hydrogen-bond acceptors (Lipinski definition) is 3. The Morgan fingerprint density at radius 2 is 1.84 bits per heavy atom. The van der Waals surface area contributed by atoms with E-state index in [1.807, 2.05) is 68.0 Å². The minimum Gasteiger partial charge on any atom is -0.375 e. The second kappa shape index (κ2) is 11.5. The van der Waals surface area contributed by atoms with Crippen molar-refractivity contribution < 1.29 is 9.53 Å². The number of carbonyl (C=O) groups excluding carboxylic acids is 1. The van der Waals surface area contributed by atoms with Gasteiger partial charge in [0.2, 0.25) is 5.91 Å². The molecule has 1 atom stereocenters. The van der Waals surface area contributed by atoms with Crippen LogP contribution in [0, 0.1) is 0 Å². The van der Waals surface area contributed by atoms with E-state index in [-0.39, 0.29) is 12.0 Å². The van der Waals surface area contributed by atoms with Crippen LogP contribution in [0.4, 0.5) is 0 Å². The topological polar surface area (TPSA) is 57.2 Å². The number of benzene rings is 1. The minimum absolute atomic E-state index is 0.101. The van der Waals surface area contributed by atoms with Crippen molar-refractivity contribution in [1.29, 1.82) is 0 Å². The van der Waals surface area contributed by atoms with Crippen molar-refractivity contribution in [3.05, 3.63) is 35.9 Å². The molecule has 0 heterocycles. The molecule has 1 amide bonds. The summed E-state index contributed by atoms with van der Waals surface area (Å²) in [7, 11) is 3.57. The van der Waals surface area contributed by atoms with Crippen LogP contribution in [0.1, 0.15) is 32.4 Å². The van der Waals surface area contributed by atoms with Crippen LogP contribution in [0.2, 0.25) is 0 Å². The van der Waals surface area contributed by atoms with Crippen LogP contribution in [0.3, 0.4) is 0 Å². The van der Waals surface area contributed by atoms with Crippen molar-refractivity contribution in [2.75, 3.05) is 46.9 Å². The Morgan fingerprint density at radius 3 is 2.36 bits per heavy atom. The Labute approximate surface area is 151 Å². The number of likely N-dealkylation sites (N-methyl/N-ethyl adjacent to an activating group) is 2. The summed E-state index contributed by atoms with van der Waals surface area (Å²) in [5, 5.41) is 3.24. The summed E-state index contributed by atoms with van der Waals surface area (Å²) < 4.78 is 5.57. The van der Waals surface area contributed by atoms with Gasteiger partial charge in [-0.25, -0.2) is 0 Å². The molecule has 0 spiro atoms. The number of aliphatic imine (C=N–C) groups is 1. The first-order valence-corrected chi connectivity index (χ1v) is 8.92. The molecule has 0 saturated heterocycles. The lowest BCUT2D eigenvalue weighted by molar-refractivity contribution is -0.131. The summed E-state index contributed by atoms with van der Waals surface area (Å²) in [4.78, 5) is 20.7. The quantitative estimate of drug-likeness (QED) is 0.549. The van der Waals surface area contributed by atoms with E-state index in [1.54, 1.807) is 7.11 Å². The number of nitrogens with one attached hydrogen (secondary N) is 1. The fraction of sp³-hybridized carbons (Fsp3) is 0.579. The number of carbonyl (C=O) groups is 1. The maximum atomic E-state index is 12.3. The van der Waals surface area contributed by atoms with Crippen molar-refractivity contribution in [3.8, 4) is 0 Å². The van der Waals surface area contributed by atoms with Crippen molar-refractivity contribution in [2.45, 2.75) is 26.9 Å². The summed E-state index contributed by atoms with van der Waals surface area (Å²) in [5.41, 5.74) is 1.09. The monoisotopic (exact) mass is 348 g/mol. The first-order valence-electron chi connectivity index (χ1n) is 8.92. The molecule has 1 aromatic rings. The van der Waals surface area contributed by atoms with E-state index in [2.05, 4.69) is 10.3 Å². The van der Waals surface area contributed by atoms with Crippen LogP contribution in [-0.2, 0) is 9.53 Å². The summed E-state index contributed by atoms with van der Waals surface area (Å²) in [6.07, 6.45) is -0.110. The maximum absolute atomic E-state index is 12.3. The predicted octanol–water partition coefficient (Wildman–Crippen LogP) is 2.14. The highest BCUT2D eigenvalue weighted by Crippen LogP contribution is 2.16. The average Bonchev–Trinajstić information content (AvgIpc) is 2.63. The van der Waals surface area contributed by atoms with Gasteiger partial charge in [-0.1, -0.05) is 30.3 Å². The first-order chi connectivity index (χ1) is 12.1. The van der Waals surface area contributed by atoms with Gasteiger partial charge in [0, 0.05) is 33.8 Å². The smallest absolute Gasteiger partial charge is 0.242 e. The molecule has 25 heavy (non-hydrogen) atoms. The third-order valence-electron chi connectivity index (χ3n) is 4.05. The fourth-order valence-electron chi connectivity index (χ4n) is 2.58. The molecule has 140 valence electrons. The van der Waals surface area contributed by atoms with Crippen LogP contribution >= 0.6 is 0 Å². The third-order valence-corrected chi connectivity index (χ3v) is 4.05. The Kier molecular flexibility index (Phi) is 9.62. The zero-order valence-electron chi connectivity index (χ0n) is 16.2. The number of methoxy groups -OCH3 is 1. The van der Waals surface area contributed by atoms with E-state index < -0.39 is 0 Å². The lowest BCUT2D eigenvalue weighted by atomic mass is 10.1. The van der Waals surface area contributed by atoms with Crippen LogP contribution in [0.5, 0.6) is 0 Å². The number of rotatable bonds is 9. The lowest BCUT2D eigenvalue weighted by Crippen LogP contribution is -2.45. The molecule has 0 radical (unpaired) electrons. The molecule has 0 bridgehead atoms. The Bertz CT molecular complexity index is 529. The molecule has 0 aliphatic heterocycles. The zero-order valence-corrected chi connectivity index (χ0v) is 16.2. The lowest BCUT2D eigenvalue weighted by Gasteiger charge is -2.26. The fourth-order valence-corrected chi connectivity index (χ4v) is 2.58. The van der Waals surface area contributed by atoms with E-state index in [4.69, 9.17) is 4.74 Å². The molecule has 1 unspecified atom stereocenters. The van der Waals surface area contributed by atoms with Crippen LogP contribution < -0.4 is 5.32 Å². The summed E-state index contributed by atoms with van der Waals surface area (Å²) in [6, 6.07) is 10.0. The van der Waals surface area contributed by atoms with Crippen molar-refractivity contribution in [3.63, 3.8) is 0 Å². The molecular weight excluding hydrogens is 316 g/mol. The SMILES string of the molecule is CCNC(=NCC(OC)c1ccccc1)N(C)CC(=O)N(CC)CC. The zero-order chi connectivity index (χ0) is 18.7. The predicted molar refractivity (Wildman–Crippen MR) is 103 cm³/mol. The van der Waals surface area contributed by atoms with E-state index in [0.29, 0.717) is 19.0 Å². The highest BCUT2D eigenvalue weighted by molar-refractivity contribution is 5.86. The van der Waals surface area contributed by atoms with E-state index in [9.17, 15) is 4.79 Å². The molecule has 0 fully saturated rings. The van der Waals surface area contributed by atoms with Gasteiger partial charge in [0.05, 0.1) is 13.1 Å². The van der Waals surface area contributed by atoms with Crippen molar-refractivity contribution in [1.82, 2.24) is 15.1 Å². The van der Waals surface area contributed by atoms with Gasteiger partial charge in [0.25, 0.3) is 0 Å². The van der Waals surface area contributed by atoms with E-state index in [0.717, 1.165) is 25.2 Å². The summed E-state index contributed by atoms with van der Waals surface area (Å²) >= 11 is 0. The molecule has 0 aromatic heterocycles. The number of nitrogens with zero attached hydrogens (tertiary/aromatic N) is 3. The highest BCUT2D eigenvalue weighted by Gasteiger charge is 2.16. The van der Waals surface area contributed by atoms with Crippen LogP contribution in [0.15, 0.2) is 35.3 Å². The second-order valence-corrected chi connectivity index (χ2v) is 5.75. The summed E-state index contributed by atoms with van der Waals surface area (Å²) in [5.74, 6) is 0.811. The van der Waals surface area contributed by atoms with Gasteiger partial charge in [0.15, 0.2) is 5.96 Å². The molecule has 0 aliphatic rings. The van der Waals surface area contributed by atoms with Gasteiger partial charge in [-0.3, -0.25) is 9.79 Å². The average molecular weight is 348 g/mol. The minimum atomic E-state index is -0.110. The molecule has 0 saturated carbocycles. The maximum Gasteiger partial charge on any atom is 0.242 e. The van der Waals surface area contributed by atoms with Crippen LogP contribution in [-0.4, -0.2) is 68.5 Å². The van der Waals surface area contributed by atoms with Crippen molar-refractivity contribution >= 4 is 11.9 Å². The Balaban J connectivity index is 2.79. The van der Waals surface area contributed by atoms with Gasteiger partial charge >= 0.3 is 0 Å². The molecule has 0 aliphatic carbocycles. The van der Waals surface area contributed by atoms with E-state index >= 15 is 0 Å². The van der Waals surface area contributed by atoms with Crippen molar-refractivity contribution in [2.24, 2.45) is 4.99 Å². The molecular formula is C19H32N4O2. The van der Waals surface area contributed by atoms with Gasteiger partial charge in [-0.05, 0) is 26.3 Å². The Morgan fingerprint density at radius 1 is 1.20 bits per heavy atom. The number of amides is 1. The number of ether oxygens (including phenoxy) is 1. The standard InChI is InChI=1S/C19H32N4O2/c1-6-20-19(22(4)15-18(24)23(7-2)8-3)21-14-17(25-5)16-12-10-9-11-13-16/h9-13,17H,6-8,14-15H2,1-5H3,(H,20,21). The van der Waals surface area contributed by atoms with Gasteiger partial charge < -0.3 is 19.9 Å². The highest BCUT2D eigenvalue weighted by atomic mass is 16.5. The molecule has 1 N–H and O–H groups in total. The largest absolute Gasteiger partial charge is 0.375 e. The number of guanidine groups is 1. The molecule has 6 heteroatoms. The molecule has 1 aromatic carbocycles. The van der Waals surface area contributed by atoms with Gasteiger partial charge in [-0.2, -0.15) is 0 Å². The Hall–Kier alpha value is -2.08.